The lowest BCUT2D eigenvalue weighted by atomic mass is 9.98. The van der Waals surface area contributed by atoms with Gasteiger partial charge in [-0.1, -0.05) is 6.42 Å². The molecule has 6 nitrogen and oxygen atoms in total. The molecule has 1 fully saturated rings. The summed E-state index contributed by atoms with van der Waals surface area (Å²) in [6.07, 6.45) is 5.70. The Morgan fingerprint density at radius 2 is 1.96 bits per heavy atom. The van der Waals surface area contributed by atoms with E-state index in [9.17, 15) is 0 Å². The van der Waals surface area contributed by atoms with Gasteiger partial charge in [0.2, 0.25) is 0 Å². The smallest absolute Gasteiger partial charge is 0.191 e. The molecule has 1 atom stereocenters. The van der Waals surface area contributed by atoms with Crippen LogP contribution in [0.15, 0.2) is 27.8 Å². The molecule has 150 valence electrons. The third kappa shape index (κ3) is 6.74. The molecular formula is C19H36IN5O. The molecule has 26 heavy (non-hydrogen) atoms. The Labute approximate surface area is 175 Å². The van der Waals surface area contributed by atoms with Gasteiger partial charge in [-0.2, -0.15) is 0 Å². The Morgan fingerprint density at radius 3 is 2.50 bits per heavy atom. The number of hydrogen-bond acceptors (Lipinski definition) is 4. The molecule has 7 heteroatoms. The van der Waals surface area contributed by atoms with Crippen LogP contribution in [0.5, 0.6) is 0 Å². The molecule has 0 radical (unpaired) electrons. The first-order valence-electron chi connectivity index (χ1n) is 9.33. The standard InChI is InChI=1S/C19H35N5O.HI/c1-19(2,24-11-7-6-8-12-24)15-22-18(20-3)21-14-16(23(4)5)17-10-9-13-25-17;/h9-10,13,16H,6-8,11-12,14-15H2,1-5H3,(H2,20,21,22);1H. The van der Waals surface area contributed by atoms with Crippen LogP contribution in [0, 0.1) is 0 Å². The molecule has 0 saturated carbocycles. The molecule has 1 saturated heterocycles. The molecular weight excluding hydrogens is 441 g/mol. The first-order chi connectivity index (χ1) is 11.9. The van der Waals surface area contributed by atoms with Gasteiger partial charge in [-0.3, -0.25) is 14.8 Å². The highest BCUT2D eigenvalue weighted by atomic mass is 127. The Hall–Kier alpha value is -0.800. The Kier molecular flexibility index (Phi) is 9.95. The third-order valence-electron chi connectivity index (χ3n) is 5.08. The zero-order valence-electron chi connectivity index (χ0n) is 16.9. The van der Waals surface area contributed by atoms with Crippen molar-refractivity contribution in [3.05, 3.63) is 24.2 Å². The zero-order chi connectivity index (χ0) is 18.3. The van der Waals surface area contributed by atoms with Crippen LogP contribution < -0.4 is 10.6 Å². The monoisotopic (exact) mass is 477 g/mol. The normalized spacial score (nSPS) is 17.7. The van der Waals surface area contributed by atoms with Crippen molar-refractivity contribution in [1.82, 2.24) is 20.4 Å². The zero-order valence-corrected chi connectivity index (χ0v) is 19.2. The van der Waals surface area contributed by atoms with Crippen LogP contribution in [-0.4, -0.2) is 68.6 Å². The van der Waals surface area contributed by atoms with Crippen molar-refractivity contribution in [1.29, 1.82) is 0 Å². The number of piperidine rings is 1. The number of hydrogen-bond donors (Lipinski definition) is 2. The fourth-order valence-corrected chi connectivity index (χ4v) is 3.34. The van der Waals surface area contributed by atoms with E-state index in [1.54, 1.807) is 6.26 Å². The van der Waals surface area contributed by atoms with Crippen LogP contribution >= 0.6 is 24.0 Å². The van der Waals surface area contributed by atoms with Gasteiger partial charge < -0.3 is 15.1 Å². The predicted octanol–water partition coefficient (Wildman–Crippen LogP) is 2.93. The summed E-state index contributed by atoms with van der Waals surface area (Å²) in [6, 6.07) is 4.12. The predicted molar refractivity (Wildman–Crippen MR) is 119 cm³/mol. The maximum atomic E-state index is 5.57. The van der Waals surface area contributed by atoms with Gasteiger partial charge in [0.15, 0.2) is 5.96 Å². The fourth-order valence-electron chi connectivity index (χ4n) is 3.34. The van der Waals surface area contributed by atoms with Crippen LogP contribution in [0.1, 0.15) is 44.9 Å². The third-order valence-corrected chi connectivity index (χ3v) is 5.08. The van der Waals surface area contributed by atoms with Gasteiger partial charge in [0, 0.05) is 25.7 Å². The number of halogens is 1. The van der Waals surface area contributed by atoms with E-state index in [-0.39, 0.29) is 35.6 Å². The van der Waals surface area contributed by atoms with E-state index in [1.165, 1.54) is 32.4 Å². The van der Waals surface area contributed by atoms with E-state index in [0.717, 1.165) is 24.8 Å². The van der Waals surface area contributed by atoms with Crippen molar-refractivity contribution in [3.8, 4) is 0 Å². The number of likely N-dealkylation sites (N-methyl/N-ethyl adjacent to an activating group) is 1. The van der Waals surface area contributed by atoms with Gasteiger partial charge in [-0.15, -0.1) is 24.0 Å². The van der Waals surface area contributed by atoms with E-state index < -0.39 is 0 Å². The molecule has 0 aromatic carbocycles. The fraction of sp³-hybridized carbons (Fsp3) is 0.737. The number of likely N-dealkylation sites (tertiary alicyclic amines) is 1. The minimum Gasteiger partial charge on any atom is -0.468 e. The number of furan rings is 1. The van der Waals surface area contributed by atoms with Crippen LogP contribution in [-0.2, 0) is 0 Å². The highest BCUT2D eigenvalue weighted by molar-refractivity contribution is 14.0. The average Bonchev–Trinajstić information content (AvgIpc) is 3.12. The van der Waals surface area contributed by atoms with E-state index >= 15 is 0 Å². The van der Waals surface area contributed by atoms with E-state index in [4.69, 9.17) is 4.42 Å². The summed E-state index contributed by atoms with van der Waals surface area (Å²) < 4.78 is 5.57. The first kappa shape index (κ1) is 23.2. The lowest BCUT2D eigenvalue weighted by Gasteiger charge is -2.41. The molecule has 0 spiro atoms. The maximum absolute atomic E-state index is 5.57. The highest BCUT2D eigenvalue weighted by Crippen LogP contribution is 2.20. The maximum Gasteiger partial charge on any atom is 0.191 e. The van der Waals surface area contributed by atoms with Gasteiger partial charge in [0.05, 0.1) is 12.3 Å². The van der Waals surface area contributed by atoms with Gasteiger partial charge in [-0.05, 0) is 66.0 Å². The van der Waals surface area contributed by atoms with Crippen molar-refractivity contribution in [3.63, 3.8) is 0 Å². The van der Waals surface area contributed by atoms with Gasteiger partial charge in [0.1, 0.15) is 5.76 Å². The molecule has 1 aromatic rings. The van der Waals surface area contributed by atoms with Crippen molar-refractivity contribution in [2.24, 2.45) is 4.99 Å². The van der Waals surface area contributed by atoms with Gasteiger partial charge in [0.25, 0.3) is 0 Å². The topological polar surface area (TPSA) is 56.0 Å². The van der Waals surface area contributed by atoms with E-state index in [2.05, 4.69) is 53.4 Å². The summed E-state index contributed by atoms with van der Waals surface area (Å²) in [7, 11) is 5.94. The number of guanidine groups is 1. The summed E-state index contributed by atoms with van der Waals surface area (Å²) in [5.41, 5.74) is 0.125. The summed E-state index contributed by atoms with van der Waals surface area (Å²) in [5.74, 6) is 1.80. The lowest BCUT2D eigenvalue weighted by molar-refractivity contribution is 0.0982. The summed E-state index contributed by atoms with van der Waals surface area (Å²) in [4.78, 5) is 9.11. The minimum absolute atomic E-state index is 0. The Bertz CT molecular complexity index is 524. The average molecular weight is 477 g/mol. The number of aliphatic imine (C=N–C) groups is 1. The lowest BCUT2D eigenvalue weighted by Crippen LogP contribution is -2.55. The van der Waals surface area contributed by atoms with Crippen molar-refractivity contribution in [2.75, 3.05) is 47.3 Å². The number of nitrogens with zero attached hydrogens (tertiary/aromatic N) is 3. The number of nitrogens with one attached hydrogen (secondary N) is 2. The second-order valence-corrected chi connectivity index (χ2v) is 7.66. The van der Waals surface area contributed by atoms with Crippen molar-refractivity contribution in [2.45, 2.75) is 44.7 Å². The van der Waals surface area contributed by atoms with Crippen LogP contribution in [0.3, 0.4) is 0 Å². The van der Waals surface area contributed by atoms with Crippen LogP contribution in [0.2, 0.25) is 0 Å². The molecule has 0 amide bonds. The molecule has 1 aromatic heterocycles. The Balaban J connectivity index is 0.00000338. The van der Waals surface area contributed by atoms with E-state index in [1.807, 2.05) is 19.2 Å². The largest absolute Gasteiger partial charge is 0.468 e. The second kappa shape index (κ2) is 11.1. The first-order valence-corrected chi connectivity index (χ1v) is 9.33. The molecule has 2 N–H and O–H groups in total. The van der Waals surface area contributed by atoms with Crippen LogP contribution in [0.25, 0.3) is 0 Å². The van der Waals surface area contributed by atoms with Gasteiger partial charge >= 0.3 is 0 Å². The molecule has 0 bridgehead atoms. The molecule has 2 heterocycles. The SMILES string of the molecule is CN=C(NCC(c1ccco1)N(C)C)NCC(C)(C)N1CCCCC1.I. The minimum atomic E-state index is 0. The molecule has 0 aliphatic carbocycles. The molecule has 1 aliphatic heterocycles. The van der Waals surface area contributed by atoms with Gasteiger partial charge in [-0.25, -0.2) is 0 Å². The molecule has 1 unspecified atom stereocenters. The molecule has 2 rings (SSSR count). The van der Waals surface area contributed by atoms with Crippen molar-refractivity contribution >= 4 is 29.9 Å². The number of rotatable bonds is 7. The summed E-state index contributed by atoms with van der Waals surface area (Å²) in [6.45, 7) is 8.63. The highest BCUT2D eigenvalue weighted by Gasteiger charge is 2.28. The molecule has 1 aliphatic rings. The Morgan fingerprint density at radius 1 is 1.27 bits per heavy atom. The van der Waals surface area contributed by atoms with E-state index in [0.29, 0.717) is 0 Å². The summed E-state index contributed by atoms with van der Waals surface area (Å²) >= 11 is 0. The van der Waals surface area contributed by atoms with Crippen LogP contribution in [0.4, 0.5) is 0 Å². The summed E-state index contributed by atoms with van der Waals surface area (Å²) in [5, 5.41) is 6.93. The second-order valence-electron chi connectivity index (χ2n) is 7.66. The quantitative estimate of drug-likeness (QED) is 0.360. The van der Waals surface area contributed by atoms with Crippen molar-refractivity contribution < 1.29 is 4.42 Å².